The van der Waals surface area contributed by atoms with E-state index >= 15 is 0 Å². The molecule has 0 aromatic heterocycles. The van der Waals surface area contributed by atoms with Gasteiger partial charge in [0.05, 0.1) is 0 Å². The number of unbranched alkanes of at least 4 members (excludes halogenated alkanes) is 1. The van der Waals surface area contributed by atoms with Gasteiger partial charge in [0.1, 0.15) is 0 Å². The maximum Gasteiger partial charge on any atom is 0.162 e. The summed E-state index contributed by atoms with van der Waals surface area (Å²) in [6.07, 6.45) is 9.43. The average molecular weight is 434 g/mol. The minimum Gasteiger partial charge on any atom is -0.303 e. The number of carbonyl (C=O) groups excluding carboxylic acids is 1. The summed E-state index contributed by atoms with van der Waals surface area (Å²) in [7, 11) is 0. The van der Waals surface area contributed by atoms with Gasteiger partial charge in [0.2, 0.25) is 0 Å². The van der Waals surface area contributed by atoms with Crippen molar-refractivity contribution in [2.75, 3.05) is 19.6 Å². The number of hydrogen-bond donors (Lipinski definition) is 0. The molecule has 0 atom stereocenters. The van der Waals surface area contributed by atoms with Gasteiger partial charge in [-0.05, 0) is 60.1 Å². The Morgan fingerprint density at radius 3 is 1.91 bits per heavy atom. The Hall–Kier alpha value is -3.23. The van der Waals surface area contributed by atoms with Crippen LogP contribution in [0.2, 0.25) is 0 Å². The predicted octanol–water partition coefficient (Wildman–Crippen LogP) is 7.12. The maximum atomic E-state index is 12.3. The van der Waals surface area contributed by atoms with Crippen LogP contribution in [0.25, 0.3) is 17.7 Å². The van der Waals surface area contributed by atoms with Crippen molar-refractivity contribution in [1.82, 2.24) is 4.90 Å². The summed E-state index contributed by atoms with van der Waals surface area (Å²) in [5.74, 6) is 0.264. The van der Waals surface area contributed by atoms with Crippen LogP contribution < -0.4 is 0 Å². The quantitative estimate of drug-likeness (QED) is 0.238. The second-order valence-electron chi connectivity index (χ2n) is 9.07. The number of likely N-dealkylation sites (tertiary alicyclic amines) is 1. The van der Waals surface area contributed by atoms with E-state index in [9.17, 15) is 4.79 Å². The minimum atomic E-state index is 0.264. The molecule has 2 nitrogen and oxygen atoms in total. The third-order valence-electron chi connectivity index (χ3n) is 6.94. The van der Waals surface area contributed by atoms with Crippen molar-refractivity contribution in [3.63, 3.8) is 0 Å². The lowest BCUT2D eigenvalue weighted by molar-refractivity contribution is 0.0977. The molecule has 3 aromatic rings. The number of hydrogen-bond acceptors (Lipinski definition) is 2. The second kappa shape index (κ2) is 10.1. The highest BCUT2D eigenvalue weighted by molar-refractivity contribution is 5.96. The fraction of sp³-hybridized carbons (Fsp3) is 0.258. The SMILES string of the molecule is O=C(CCCCN1CCC(=C2c3ccccc3C=Cc3ccccc32)CC1)c1ccccc1. The van der Waals surface area contributed by atoms with Gasteiger partial charge in [-0.3, -0.25) is 4.79 Å². The van der Waals surface area contributed by atoms with E-state index in [-0.39, 0.29) is 5.78 Å². The van der Waals surface area contributed by atoms with Crippen molar-refractivity contribution in [2.45, 2.75) is 32.1 Å². The van der Waals surface area contributed by atoms with Gasteiger partial charge in [-0.25, -0.2) is 0 Å². The summed E-state index contributed by atoms with van der Waals surface area (Å²) in [6, 6.07) is 27.3. The molecule has 33 heavy (non-hydrogen) atoms. The zero-order valence-corrected chi connectivity index (χ0v) is 19.2. The fourth-order valence-corrected chi connectivity index (χ4v) is 5.13. The molecule has 0 radical (unpaired) electrons. The first kappa shape index (κ1) is 21.6. The number of piperidine rings is 1. The molecular formula is C31H31NO. The molecular weight excluding hydrogens is 402 g/mol. The third-order valence-corrected chi connectivity index (χ3v) is 6.94. The van der Waals surface area contributed by atoms with Crippen LogP contribution in [0.1, 0.15) is 64.7 Å². The summed E-state index contributed by atoms with van der Waals surface area (Å²) < 4.78 is 0. The predicted molar refractivity (Wildman–Crippen MR) is 138 cm³/mol. The normalized spacial score (nSPS) is 15.6. The molecule has 2 aliphatic rings. The Balaban J connectivity index is 1.23. The summed E-state index contributed by atoms with van der Waals surface area (Å²) in [6.45, 7) is 3.28. The number of ketones is 1. The molecule has 0 saturated carbocycles. The van der Waals surface area contributed by atoms with Crippen LogP contribution in [-0.4, -0.2) is 30.3 Å². The topological polar surface area (TPSA) is 20.3 Å². The van der Waals surface area contributed by atoms with Crippen LogP contribution in [0.4, 0.5) is 0 Å². The molecule has 0 N–H and O–H groups in total. The van der Waals surface area contributed by atoms with Crippen LogP contribution >= 0.6 is 0 Å². The Kier molecular flexibility index (Phi) is 6.64. The van der Waals surface area contributed by atoms with Crippen molar-refractivity contribution >= 4 is 23.5 Å². The van der Waals surface area contributed by atoms with Gasteiger partial charge < -0.3 is 4.90 Å². The smallest absolute Gasteiger partial charge is 0.162 e. The van der Waals surface area contributed by atoms with E-state index in [4.69, 9.17) is 0 Å². The largest absolute Gasteiger partial charge is 0.303 e. The Morgan fingerprint density at radius 2 is 1.27 bits per heavy atom. The summed E-state index contributed by atoms with van der Waals surface area (Å²) in [5, 5.41) is 0. The van der Waals surface area contributed by atoms with E-state index in [2.05, 4.69) is 65.6 Å². The van der Waals surface area contributed by atoms with Crippen LogP contribution in [0, 0.1) is 0 Å². The molecule has 1 aliphatic heterocycles. The van der Waals surface area contributed by atoms with Gasteiger partial charge in [0.15, 0.2) is 5.78 Å². The first-order chi connectivity index (χ1) is 16.3. The Morgan fingerprint density at radius 1 is 0.697 bits per heavy atom. The van der Waals surface area contributed by atoms with Gasteiger partial charge in [-0.1, -0.05) is 96.6 Å². The number of carbonyl (C=O) groups is 1. The minimum absolute atomic E-state index is 0.264. The molecule has 2 heteroatoms. The highest BCUT2D eigenvalue weighted by atomic mass is 16.1. The summed E-state index contributed by atoms with van der Waals surface area (Å²) in [4.78, 5) is 14.9. The standard InChI is InChI=1S/C31H31NO/c33-30(26-12-2-1-3-13-26)16-8-9-21-32-22-19-27(20-23-32)31-28-14-6-4-10-24(28)17-18-25-11-5-7-15-29(25)31/h1-7,10-15,17-18H,8-9,16,19-23H2. The highest BCUT2D eigenvalue weighted by Crippen LogP contribution is 2.38. The second-order valence-corrected chi connectivity index (χ2v) is 9.07. The van der Waals surface area contributed by atoms with Crippen LogP contribution in [-0.2, 0) is 0 Å². The molecule has 1 fully saturated rings. The maximum absolute atomic E-state index is 12.3. The number of fused-ring (bicyclic) bond motifs is 2. The number of benzene rings is 3. The summed E-state index contributed by atoms with van der Waals surface area (Å²) >= 11 is 0. The van der Waals surface area contributed by atoms with Gasteiger partial charge in [0.25, 0.3) is 0 Å². The molecule has 166 valence electrons. The monoisotopic (exact) mass is 433 g/mol. The van der Waals surface area contributed by atoms with Gasteiger partial charge in [0, 0.05) is 25.1 Å². The summed E-state index contributed by atoms with van der Waals surface area (Å²) in [5.41, 5.74) is 9.20. The molecule has 0 bridgehead atoms. The van der Waals surface area contributed by atoms with E-state index < -0.39 is 0 Å². The lowest BCUT2D eigenvalue weighted by Gasteiger charge is -2.30. The van der Waals surface area contributed by atoms with Gasteiger partial charge in [-0.2, -0.15) is 0 Å². The van der Waals surface area contributed by atoms with E-state index in [1.54, 1.807) is 5.57 Å². The highest BCUT2D eigenvalue weighted by Gasteiger charge is 2.22. The lowest BCUT2D eigenvalue weighted by Crippen LogP contribution is -2.32. The third kappa shape index (κ3) is 4.91. The molecule has 1 heterocycles. The van der Waals surface area contributed by atoms with Crippen molar-refractivity contribution < 1.29 is 4.79 Å². The molecule has 1 aliphatic carbocycles. The van der Waals surface area contributed by atoms with Crippen molar-refractivity contribution in [2.24, 2.45) is 0 Å². The van der Waals surface area contributed by atoms with Crippen LogP contribution in [0.3, 0.4) is 0 Å². The van der Waals surface area contributed by atoms with E-state index in [0.717, 1.165) is 50.9 Å². The van der Waals surface area contributed by atoms with Gasteiger partial charge in [-0.15, -0.1) is 0 Å². The Bertz CT molecular complexity index is 1130. The van der Waals surface area contributed by atoms with Crippen molar-refractivity contribution in [1.29, 1.82) is 0 Å². The molecule has 1 saturated heterocycles. The number of rotatable bonds is 6. The Labute approximate surface area is 197 Å². The zero-order valence-electron chi connectivity index (χ0n) is 19.2. The molecule has 3 aromatic carbocycles. The van der Waals surface area contributed by atoms with Gasteiger partial charge >= 0.3 is 0 Å². The first-order valence-corrected chi connectivity index (χ1v) is 12.2. The van der Waals surface area contributed by atoms with E-state index in [0.29, 0.717) is 6.42 Å². The average Bonchev–Trinajstić information content (AvgIpc) is 3.04. The first-order valence-electron chi connectivity index (χ1n) is 12.2. The number of nitrogens with zero attached hydrogens (tertiary/aromatic N) is 1. The van der Waals surface area contributed by atoms with E-state index in [1.807, 2.05) is 30.3 Å². The van der Waals surface area contributed by atoms with Crippen molar-refractivity contribution in [3.05, 3.63) is 112 Å². The van der Waals surface area contributed by atoms with Crippen LogP contribution in [0.5, 0.6) is 0 Å². The molecule has 5 rings (SSSR count). The fourth-order valence-electron chi connectivity index (χ4n) is 5.13. The molecule has 0 amide bonds. The number of Topliss-reactive ketones (excluding diaryl/α,β-unsaturated/α-hetero) is 1. The molecule has 0 unspecified atom stereocenters. The lowest BCUT2D eigenvalue weighted by atomic mass is 9.86. The van der Waals surface area contributed by atoms with Crippen molar-refractivity contribution in [3.8, 4) is 0 Å². The zero-order chi connectivity index (χ0) is 22.5. The molecule has 0 spiro atoms. The van der Waals surface area contributed by atoms with Crippen LogP contribution in [0.15, 0.2) is 84.4 Å². The van der Waals surface area contributed by atoms with E-state index in [1.165, 1.54) is 27.8 Å².